The van der Waals surface area contributed by atoms with E-state index in [0.29, 0.717) is 0 Å². The molecule has 0 heterocycles. The molecule has 0 atom stereocenters. The third-order valence-electron chi connectivity index (χ3n) is 2.76. The van der Waals surface area contributed by atoms with Crippen LogP contribution in [-0.2, 0) is 11.2 Å². The second-order valence-corrected chi connectivity index (χ2v) is 4.51. The summed E-state index contributed by atoms with van der Waals surface area (Å²) in [5.41, 5.74) is 5.26. The number of hydrogen-bond acceptors (Lipinski definition) is 2. The summed E-state index contributed by atoms with van der Waals surface area (Å²) < 4.78 is 12.7. The highest BCUT2D eigenvalue weighted by Crippen LogP contribution is 2.03. The van der Waals surface area contributed by atoms with Gasteiger partial charge in [0.05, 0.1) is 12.6 Å². The normalized spacial score (nSPS) is 10.7. The number of nitrogens with one attached hydrogen (secondary N) is 1. The number of carbonyl (C=O) groups excluding carboxylic acids is 1. The van der Waals surface area contributed by atoms with E-state index in [0.717, 1.165) is 16.7 Å². The van der Waals surface area contributed by atoms with Gasteiger partial charge in [-0.05, 0) is 30.2 Å². The van der Waals surface area contributed by atoms with Crippen molar-refractivity contribution >= 4 is 12.1 Å². The predicted octanol–water partition coefficient (Wildman–Crippen LogP) is 2.83. The van der Waals surface area contributed by atoms with Crippen LogP contribution in [-0.4, -0.2) is 12.1 Å². The molecule has 2 aromatic carbocycles. The topological polar surface area (TPSA) is 41.5 Å². The quantitative estimate of drug-likeness (QED) is 0.673. The third-order valence-corrected chi connectivity index (χ3v) is 2.76. The number of aryl methyl sites for hydroxylation is 1. The molecule has 0 fully saturated rings. The summed E-state index contributed by atoms with van der Waals surface area (Å²) >= 11 is 0. The first-order valence-electron chi connectivity index (χ1n) is 6.26. The standard InChI is InChI=1S/C16H15FN2O/c1-12-2-4-13(5-3-12)10-16(20)19-18-11-14-6-8-15(17)9-7-14/h2-9,11H,10H2,1H3,(H,19,20)/b18-11-. The zero-order valence-corrected chi connectivity index (χ0v) is 11.1. The van der Waals surface area contributed by atoms with Crippen molar-refractivity contribution in [3.05, 3.63) is 71.0 Å². The fraction of sp³-hybridized carbons (Fsp3) is 0.125. The Morgan fingerprint density at radius 1 is 1.15 bits per heavy atom. The van der Waals surface area contributed by atoms with Gasteiger partial charge in [0.2, 0.25) is 5.91 Å². The molecule has 102 valence electrons. The number of halogens is 1. The van der Waals surface area contributed by atoms with Crippen LogP contribution in [0.15, 0.2) is 53.6 Å². The average molecular weight is 270 g/mol. The lowest BCUT2D eigenvalue weighted by molar-refractivity contribution is -0.120. The van der Waals surface area contributed by atoms with Gasteiger partial charge >= 0.3 is 0 Å². The van der Waals surface area contributed by atoms with Crippen molar-refractivity contribution in [1.29, 1.82) is 0 Å². The zero-order chi connectivity index (χ0) is 14.4. The van der Waals surface area contributed by atoms with Crippen LogP contribution in [0.5, 0.6) is 0 Å². The van der Waals surface area contributed by atoms with Crippen molar-refractivity contribution in [1.82, 2.24) is 5.43 Å². The fourth-order valence-corrected chi connectivity index (χ4v) is 1.66. The highest BCUT2D eigenvalue weighted by molar-refractivity contribution is 5.83. The van der Waals surface area contributed by atoms with Crippen molar-refractivity contribution in [2.45, 2.75) is 13.3 Å². The Labute approximate surface area is 117 Å². The van der Waals surface area contributed by atoms with Crippen molar-refractivity contribution < 1.29 is 9.18 Å². The van der Waals surface area contributed by atoms with Gasteiger partial charge in [0.25, 0.3) is 0 Å². The van der Waals surface area contributed by atoms with Gasteiger partial charge in [-0.3, -0.25) is 4.79 Å². The molecule has 1 amide bonds. The lowest BCUT2D eigenvalue weighted by Crippen LogP contribution is -2.19. The minimum Gasteiger partial charge on any atom is -0.273 e. The molecule has 20 heavy (non-hydrogen) atoms. The van der Waals surface area contributed by atoms with E-state index in [1.165, 1.54) is 18.3 Å². The summed E-state index contributed by atoms with van der Waals surface area (Å²) in [6.45, 7) is 2.00. The molecule has 0 bridgehead atoms. The lowest BCUT2D eigenvalue weighted by atomic mass is 10.1. The highest BCUT2D eigenvalue weighted by atomic mass is 19.1. The van der Waals surface area contributed by atoms with Crippen molar-refractivity contribution in [3.63, 3.8) is 0 Å². The summed E-state index contributed by atoms with van der Waals surface area (Å²) in [5.74, 6) is -0.488. The number of hydrogen-bond donors (Lipinski definition) is 1. The van der Waals surface area contributed by atoms with Crippen LogP contribution >= 0.6 is 0 Å². The van der Waals surface area contributed by atoms with Gasteiger partial charge in [-0.1, -0.05) is 42.0 Å². The van der Waals surface area contributed by atoms with E-state index in [4.69, 9.17) is 0 Å². The SMILES string of the molecule is Cc1ccc(CC(=O)N/N=C\c2ccc(F)cc2)cc1. The molecule has 0 aliphatic rings. The molecule has 4 heteroatoms. The molecular formula is C16H15FN2O. The minimum absolute atomic E-state index is 0.188. The Hall–Kier alpha value is -2.49. The van der Waals surface area contributed by atoms with Gasteiger partial charge in [-0.15, -0.1) is 0 Å². The highest BCUT2D eigenvalue weighted by Gasteiger charge is 2.01. The number of hydrazone groups is 1. The van der Waals surface area contributed by atoms with Gasteiger partial charge in [0, 0.05) is 0 Å². The number of carbonyl (C=O) groups is 1. The van der Waals surface area contributed by atoms with Gasteiger partial charge in [-0.2, -0.15) is 5.10 Å². The maximum atomic E-state index is 12.7. The van der Waals surface area contributed by atoms with E-state index >= 15 is 0 Å². The molecule has 0 radical (unpaired) electrons. The van der Waals surface area contributed by atoms with Gasteiger partial charge in [0.15, 0.2) is 0 Å². The van der Waals surface area contributed by atoms with Crippen LogP contribution in [0.2, 0.25) is 0 Å². The molecule has 0 aliphatic heterocycles. The molecular weight excluding hydrogens is 255 g/mol. The molecule has 2 aromatic rings. The first-order chi connectivity index (χ1) is 9.63. The summed E-state index contributed by atoms with van der Waals surface area (Å²) in [7, 11) is 0. The second-order valence-electron chi connectivity index (χ2n) is 4.51. The van der Waals surface area contributed by atoms with Crippen LogP contribution in [0.4, 0.5) is 4.39 Å². The first kappa shape index (κ1) is 13.9. The van der Waals surface area contributed by atoms with E-state index < -0.39 is 0 Å². The smallest absolute Gasteiger partial charge is 0.244 e. The van der Waals surface area contributed by atoms with Gasteiger partial charge < -0.3 is 0 Å². The fourth-order valence-electron chi connectivity index (χ4n) is 1.66. The summed E-state index contributed by atoms with van der Waals surface area (Å²) in [6.07, 6.45) is 1.76. The number of amides is 1. The maximum Gasteiger partial charge on any atom is 0.244 e. The Kier molecular flexibility index (Phi) is 4.60. The van der Waals surface area contributed by atoms with E-state index in [-0.39, 0.29) is 18.1 Å². The second kappa shape index (κ2) is 6.61. The Morgan fingerprint density at radius 2 is 1.80 bits per heavy atom. The molecule has 0 saturated heterocycles. The molecule has 0 aromatic heterocycles. The number of nitrogens with zero attached hydrogens (tertiary/aromatic N) is 1. The summed E-state index contributed by atoms with van der Waals surface area (Å²) in [5, 5.41) is 3.84. The lowest BCUT2D eigenvalue weighted by Gasteiger charge is -2.01. The molecule has 0 saturated carbocycles. The average Bonchev–Trinajstić information content (AvgIpc) is 2.44. The first-order valence-corrected chi connectivity index (χ1v) is 6.26. The largest absolute Gasteiger partial charge is 0.273 e. The molecule has 0 spiro atoms. The number of rotatable bonds is 4. The summed E-state index contributed by atoms with van der Waals surface area (Å²) in [4.78, 5) is 11.7. The predicted molar refractivity (Wildman–Crippen MR) is 77.0 cm³/mol. The molecule has 1 N–H and O–H groups in total. The zero-order valence-electron chi connectivity index (χ0n) is 11.1. The van der Waals surface area contributed by atoms with Crippen LogP contribution in [0.1, 0.15) is 16.7 Å². The third kappa shape index (κ3) is 4.31. The molecule has 2 rings (SSSR count). The summed E-state index contributed by atoms with van der Waals surface area (Å²) in [6, 6.07) is 13.6. The minimum atomic E-state index is -0.300. The van der Waals surface area contributed by atoms with Crippen LogP contribution in [0, 0.1) is 12.7 Å². The molecule has 0 aliphatic carbocycles. The molecule has 3 nitrogen and oxygen atoms in total. The van der Waals surface area contributed by atoms with Gasteiger partial charge in [-0.25, -0.2) is 9.82 Å². The monoisotopic (exact) mass is 270 g/mol. The van der Waals surface area contributed by atoms with E-state index in [2.05, 4.69) is 10.5 Å². The van der Waals surface area contributed by atoms with E-state index in [1.807, 2.05) is 31.2 Å². The van der Waals surface area contributed by atoms with Crippen LogP contribution in [0.25, 0.3) is 0 Å². The van der Waals surface area contributed by atoms with E-state index in [1.54, 1.807) is 12.1 Å². The van der Waals surface area contributed by atoms with Crippen molar-refractivity contribution in [3.8, 4) is 0 Å². The van der Waals surface area contributed by atoms with Crippen molar-refractivity contribution in [2.75, 3.05) is 0 Å². The van der Waals surface area contributed by atoms with Crippen LogP contribution < -0.4 is 5.43 Å². The Morgan fingerprint density at radius 3 is 2.45 bits per heavy atom. The molecule has 0 unspecified atom stereocenters. The Balaban J connectivity index is 1.85. The van der Waals surface area contributed by atoms with Crippen molar-refractivity contribution in [2.24, 2.45) is 5.10 Å². The van der Waals surface area contributed by atoms with E-state index in [9.17, 15) is 9.18 Å². The number of benzene rings is 2. The Bertz CT molecular complexity index is 603. The van der Waals surface area contributed by atoms with Crippen LogP contribution in [0.3, 0.4) is 0 Å². The maximum absolute atomic E-state index is 12.7. The van der Waals surface area contributed by atoms with Gasteiger partial charge in [0.1, 0.15) is 5.82 Å².